The summed E-state index contributed by atoms with van der Waals surface area (Å²) >= 11 is 0. The Morgan fingerprint density at radius 3 is 2.85 bits per heavy atom. The van der Waals surface area contributed by atoms with Crippen molar-refractivity contribution in [3.63, 3.8) is 0 Å². The minimum Gasteiger partial charge on any atom is -0.352 e. The van der Waals surface area contributed by atoms with Gasteiger partial charge in [-0.1, -0.05) is 54.1 Å². The number of hydrogen-bond acceptors (Lipinski definition) is 3. The van der Waals surface area contributed by atoms with Crippen LogP contribution >= 0.6 is 0 Å². The summed E-state index contributed by atoms with van der Waals surface area (Å²) in [7, 11) is 0. The molecule has 1 aromatic heterocycles. The molecule has 2 atom stereocenters. The minimum absolute atomic E-state index is 0.107. The second kappa shape index (κ2) is 7.12. The number of hydrogen-bond donors (Lipinski definition) is 1. The Labute approximate surface area is 153 Å². The quantitative estimate of drug-likeness (QED) is 0.746. The standard InChI is InChI=1S/C21H22N4O/c1-15-4-2-7-18(8-15)19-10-20(19)21(26)23-11-16-5-3-6-17(9-16)12-25-14-22-13-24-25/h2-9,13-14,19-20H,10-12H2,1H3,(H,23,26). The predicted octanol–water partition coefficient (Wildman–Crippen LogP) is 3.05. The fourth-order valence-corrected chi connectivity index (χ4v) is 3.41. The Balaban J connectivity index is 1.32. The molecule has 3 aromatic rings. The van der Waals surface area contributed by atoms with E-state index in [2.05, 4.69) is 58.7 Å². The number of amides is 1. The molecule has 0 aliphatic heterocycles. The Bertz CT molecular complexity index is 904. The summed E-state index contributed by atoms with van der Waals surface area (Å²) < 4.78 is 1.79. The van der Waals surface area contributed by atoms with Crippen molar-refractivity contribution in [2.24, 2.45) is 5.92 Å². The average molecular weight is 346 g/mol. The molecule has 4 rings (SSSR count). The highest BCUT2D eigenvalue weighted by molar-refractivity contribution is 5.82. The topological polar surface area (TPSA) is 59.8 Å². The van der Waals surface area contributed by atoms with Crippen molar-refractivity contribution in [3.8, 4) is 0 Å². The number of carbonyl (C=O) groups excluding carboxylic acids is 1. The van der Waals surface area contributed by atoms with E-state index in [0.717, 1.165) is 17.5 Å². The smallest absolute Gasteiger partial charge is 0.224 e. The molecule has 132 valence electrons. The van der Waals surface area contributed by atoms with Crippen molar-refractivity contribution in [2.75, 3.05) is 0 Å². The first-order valence-corrected chi connectivity index (χ1v) is 8.93. The molecule has 0 radical (unpaired) electrons. The Morgan fingerprint density at radius 2 is 2.04 bits per heavy atom. The predicted molar refractivity (Wildman–Crippen MR) is 99.4 cm³/mol. The zero-order valence-corrected chi connectivity index (χ0v) is 14.8. The molecule has 0 spiro atoms. The van der Waals surface area contributed by atoms with Gasteiger partial charge in [-0.3, -0.25) is 4.79 Å². The van der Waals surface area contributed by atoms with E-state index in [1.807, 2.05) is 12.1 Å². The lowest BCUT2D eigenvalue weighted by Gasteiger charge is -2.08. The van der Waals surface area contributed by atoms with Gasteiger partial charge < -0.3 is 5.32 Å². The Kier molecular flexibility index (Phi) is 4.52. The molecule has 1 saturated carbocycles. The molecule has 1 aliphatic rings. The number of aromatic nitrogens is 3. The van der Waals surface area contributed by atoms with E-state index in [1.54, 1.807) is 11.0 Å². The van der Waals surface area contributed by atoms with Crippen LogP contribution in [0.3, 0.4) is 0 Å². The number of nitrogens with zero attached hydrogens (tertiary/aromatic N) is 3. The average Bonchev–Trinajstić information content (AvgIpc) is 3.30. The van der Waals surface area contributed by atoms with E-state index >= 15 is 0 Å². The Hall–Kier alpha value is -2.95. The first-order valence-electron chi connectivity index (χ1n) is 8.93. The maximum Gasteiger partial charge on any atom is 0.224 e. The van der Waals surface area contributed by atoms with Crippen molar-refractivity contribution in [2.45, 2.75) is 32.4 Å². The van der Waals surface area contributed by atoms with Gasteiger partial charge in [0.15, 0.2) is 0 Å². The van der Waals surface area contributed by atoms with Crippen LogP contribution in [0.15, 0.2) is 61.2 Å². The summed E-state index contributed by atoms with van der Waals surface area (Å²) in [5.74, 6) is 0.627. The van der Waals surface area contributed by atoms with E-state index in [4.69, 9.17) is 0 Å². The highest BCUT2D eigenvalue weighted by Crippen LogP contribution is 2.47. The van der Waals surface area contributed by atoms with Crippen LogP contribution in [0.1, 0.15) is 34.6 Å². The Morgan fingerprint density at radius 1 is 1.19 bits per heavy atom. The zero-order valence-electron chi connectivity index (χ0n) is 14.8. The van der Waals surface area contributed by atoms with E-state index in [1.165, 1.54) is 17.5 Å². The maximum absolute atomic E-state index is 12.5. The van der Waals surface area contributed by atoms with E-state index in [9.17, 15) is 4.79 Å². The van der Waals surface area contributed by atoms with Crippen LogP contribution in [0.2, 0.25) is 0 Å². The van der Waals surface area contributed by atoms with E-state index in [-0.39, 0.29) is 11.8 Å². The molecule has 5 nitrogen and oxygen atoms in total. The normalized spacial score (nSPS) is 18.5. The van der Waals surface area contributed by atoms with Crippen LogP contribution in [-0.4, -0.2) is 20.7 Å². The largest absolute Gasteiger partial charge is 0.352 e. The van der Waals surface area contributed by atoms with Crippen molar-refractivity contribution >= 4 is 5.91 Å². The SMILES string of the molecule is Cc1cccc(C2CC2C(=O)NCc2cccc(Cn3cncn3)c2)c1. The minimum atomic E-state index is 0.107. The second-order valence-corrected chi connectivity index (χ2v) is 6.99. The van der Waals surface area contributed by atoms with Crippen molar-refractivity contribution in [1.29, 1.82) is 0 Å². The summed E-state index contributed by atoms with van der Waals surface area (Å²) in [6, 6.07) is 16.7. The summed E-state index contributed by atoms with van der Waals surface area (Å²) in [6.07, 6.45) is 4.18. The highest BCUT2D eigenvalue weighted by atomic mass is 16.2. The van der Waals surface area contributed by atoms with Gasteiger partial charge in [-0.15, -0.1) is 0 Å². The van der Waals surface area contributed by atoms with Gasteiger partial charge in [0.1, 0.15) is 12.7 Å². The molecular formula is C21H22N4O. The number of aryl methyl sites for hydroxylation is 1. The molecule has 5 heteroatoms. The lowest BCUT2D eigenvalue weighted by atomic mass is 10.1. The number of nitrogens with one attached hydrogen (secondary N) is 1. The van der Waals surface area contributed by atoms with Crippen LogP contribution in [0.5, 0.6) is 0 Å². The fraction of sp³-hybridized carbons (Fsp3) is 0.286. The molecule has 1 heterocycles. The van der Waals surface area contributed by atoms with Crippen LogP contribution in [0, 0.1) is 12.8 Å². The molecule has 2 unspecified atom stereocenters. The summed E-state index contributed by atoms with van der Waals surface area (Å²) in [4.78, 5) is 16.4. The van der Waals surface area contributed by atoms with Crippen LogP contribution in [-0.2, 0) is 17.9 Å². The second-order valence-electron chi connectivity index (χ2n) is 6.99. The molecule has 1 amide bonds. The summed E-state index contributed by atoms with van der Waals surface area (Å²) in [5, 5.41) is 7.21. The van der Waals surface area contributed by atoms with Gasteiger partial charge in [-0.05, 0) is 36.0 Å². The van der Waals surface area contributed by atoms with E-state index in [0.29, 0.717) is 19.0 Å². The van der Waals surface area contributed by atoms with E-state index < -0.39 is 0 Å². The third-order valence-corrected chi connectivity index (χ3v) is 4.87. The van der Waals surface area contributed by atoms with Gasteiger partial charge in [0, 0.05) is 12.5 Å². The molecule has 0 saturated heterocycles. The van der Waals surface area contributed by atoms with Gasteiger partial charge in [0.2, 0.25) is 5.91 Å². The molecule has 1 N–H and O–H groups in total. The van der Waals surface area contributed by atoms with Gasteiger partial charge in [-0.25, -0.2) is 9.67 Å². The highest BCUT2D eigenvalue weighted by Gasteiger charge is 2.43. The van der Waals surface area contributed by atoms with Gasteiger partial charge in [0.25, 0.3) is 0 Å². The maximum atomic E-state index is 12.5. The van der Waals surface area contributed by atoms with Crippen molar-refractivity contribution in [3.05, 3.63) is 83.4 Å². The number of carbonyl (C=O) groups is 1. The zero-order chi connectivity index (χ0) is 17.9. The molecular weight excluding hydrogens is 324 g/mol. The molecule has 1 fully saturated rings. The molecule has 1 aliphatic carbocycles. The lowest BCUT2D eigenvalue weighted by Crippen LogP contribution is -2.25. The number of rotatable bonds is 6. The molecule has 2 aromatic carbocycles. The molecule has 0 bridgehead atoms. The fourth-order valence-electron chi connectivity index (χ4n) is 3.41. The van der Waals surface area contributed by atoms with Gasteiger partial charge in [-0.2, -0.15) is 5.10 Å². The van der Waals surface area contributed by atoms with Crippen molar-refractivity contribution in [1.82, 2.24) is 20.1 Å². The first kappa shape index (κ1) is 16.5. The number of benzene rings is 2. The van der Waals surface area contributed by atoms with Gasteiger partial charge >= 0.3 is 0 Å². The van der Waals surface area contributed by atoms with Crippen LogP contribution in [0.25, 0.3) is 0 Å². The molecule has 26 heavy (non-hydrogen) atoms. The van der Waals surface area contributed by atoms with Crippen molar-refractivity contribution < 1.29 is 4.79 Å². The monoisotopic (exact) mass is 346 g/mol. The van der Waals surface area contributed by atoms with Crippen LogP contribution in [0.4, 0.5) is 0 Å². The third-order valence-electron chi connectivity index (χ3n) is 4.87. The summed E-state index contributed by atoms with van der Waals surface area (Å²) in [6.45, 7) is 3.33. The third kappa shape index (κ3) is 3.82. The first-order chi connectivity index (χ1) is 12.7. The lowest BCUT2D eigenvalue weighted by molar-refractivity contribution is -0.122. The van der Waals surface area contributed by atoms with Gasteiger partial charge in [0.05, 0.1) is 6.54 Å². The summed E-state index contributed by atoms with van der Waals surface area (Å²) in [5.41, 5.74) is 4.77. The van der Waals surface area contributed by atoms with Crippen LogP contribution < -0.4 is 5.32 Å².